The third-order valence-corrected chi connectivity index (χ3v) is 3.84. The molecular weight excluding hydrogens is 244 g/mol. The molecular formula is C13H16N4S. The first kappa shape index (κ1) is 11.6. The van der Waals surface area contributed by atoms with Crippen LogP contribution in [0.1, 0.15) is 42.8 Å². The van der Waals surface area contributed by atoms with E-state index < -0.39 is 0 Å². The minimum Gasteiger partial charge on any atom is -0.355 e. The second-order valence-corrected chi connectivity index (χ2v) is 5.30. The Bertz CT molecular complexity index is 533. The monoisotopic (exact) mass is 260 g/mol. The van der Waals surface area contributed by atoms with Gasteiger partial charge in [0.1, 0.15) is 5.82 Å². The van der Waals surface area contributed by atoms with Crippen LogP contribution in [-0.4, -0.2) is 14.3 Å². The van der Waals surface area contributed by atoms with Gasteiger partial charge in [-0.15, -0.1) is 0 Å². The lowest BCUT2D eigenvalue weighted by molar-refractivity contribution is 0.953. The highest BCUT2D eigenvalue weighted by molar-refractivity contribution is 7.09. The first-order valence-corrected chi connectivity index (χ1v) is 7.14. The molecule has 1 aliphatic rings. The van der Waals surface area contributed by atoms with Gasteiger partial charge in [0.25, 0.3) is 0 Å². The lowest BCUT2D eigenvalue weighted by atomic mass is 10.1. The third kappa shape index (κ3) is 2.51. The van der Waals surface area contributed by atoms with Gasteiger partial charge >= 0.3 is 0 Å². The number of hydrogen-bond acceptors (Lipinski definition) is 5. The fourth-order valence-electron chi connectivity index (χ4n) is 1.93. The van der Waals surface area contributed by atoms with Crippen LogP contribution in [0, 0.1) is 0 Å². The molecule has 2 aromatic rings. The molecule has 1 fully saturated rings. The van der Waals surface area contributed by atoms with Gasteiger partial charge in [-0.2, -0.15) is 4.37 Å². The maximum atomic E-state index is 4.51. The standard InChI is InChI=1S/C13H16N4S/c1-2-9-4-3-7-14-11(9)8-15-13-16-12(17-18-13)10-5-6-10/h3-4,7,10H,2,5-6,8H2,1H3,(H,15,16,17). The summed E-state index contributed by atoms with van der Waals surface area (Å²) in [5.41, 5.74) is 2.39. The lowest BCUT2D eigenvalue weighted by Gasteiger charge is -2.06. The van der Waals surface area contributed by atoms with Crippen LogP contribution in [0.5, 0.6) is 0 Å². The molecule has 0 aliphatic heterocycles. The van der Waals surface area contributed by atoms with E-state index in [-0.39, 0.29) is 0 Å². The van der Waals surface area contributed by atoms with Crippen LogP contribution in [0.2, 0.25) is 0 Å². The number of aromatic nitrogens is 3. The van der Waals surface area contributed by atoms with Crippen molar-refractivity contribution in [2.45, 2.75) is 38.6 Å². The lowest BCUT2D eigenvalue weighted by Crippen LogP contribution is -2.04. The van der Waals surface area contributed by atoms with Crippen molar-refractivity contribution in [3.8, 4) is 0 Å². The zero-order chi connectivity index (χ0) is 12.4. The molecule has 0 radical (unpaired) electrons. The summed E-state index contributed by atoms with van der Waals surface area (Å²) in [4.78, 5) is 8.92. The van der Waals surface area contributed by atoms with E-state index in [4.69, 9.17) is 0 Å². The minimum absolute atomic E-state index is 0.623. The molecule has 0 saturated heterocycles. The Morgan fingerprint density at radius 1 is 1.44 bits per heavy atom. The Labute approximate surface area is 111 Å². The van der Waals surface area contributed by atoms with Gasteiger partial charge in [0.05, 0.1) is 12.2 Å². The van der Waals surface area contributed by atoms with Crippen LogP contribution < -0.4 is 5.32 Å². The smallest absolute Gasteiger partial charge is 0.202 e. The SMILES string of the molecule is CCc1cccnc1CNc1nc(C2CC2)ns1. The molecule has 5 heteroatoms. The van der Waals surface area contributed by atoms with E-state index in [1.54, 1.807) is 0 Å². The molecule has 18 heavy (non-hydrogen) atoms. The highest BCUT2D eigenvalue weighted by Gasteiger charge is 2.27. The van der Waals surface area contributed by atoms with Gasteiger partial charge in [0, 0.05) is 23.6 Å². The number of hydrogen-bond donors (Lipinski definition) is 1. The van der Waals surface area contributed by atoms with Gasteiger partial charge in [0.15, 0.2) is 0 Å². The maximum Gasteiger partial charge on any atom is 0.202 e. The zero-order valence-corrected chi connectivity index (χ0v) is 11.2. The molecule has 2 aromatic heterocycles. The molecule has 0 spiro atoms. The molecule has 0 unspecified atom stereocenters. The molecule has 1 saturated carbocycles. The van der Waals surface area contributed by atoms with E-state index >= 15 is 0 Å². The molecule has 0 aromatic carbocycles. The Morgan fingerprint density at radius 3 is 3.11 bits per heavy atom. The van der Waals surface area contributed by atoms with Crippen molar-refractivity contribution in [1.82, 2.24) is 14.3 Å². The zero-order valence-electron chi connectivity index (χ0n) is 10.4. The van der Waals surface area contributed by atoms with Crippen LogP contribution in [0.4, 0.5) is 5.13 Å². The molecule has 3 rings (SSSR count). The Morgan fingerprint density at radius 2 is 2.33 bits per heavy atom. The summed E-state index contributed by atoms with van der Waals surface area (Å²) >= 11 is 1.45. The van der Waals surface area contributed by atoms with Crippen molar-refractivity contribution in [2.75, 3.05) is 5.32 Å². The van der Waals surface area contributed by atoms with E-state index in [0.717, 1.165) is 29.6 Å². The molecule has 2 heterocycles. The molecule has 0 amide bonds. The van der Waals surface area contributed by atoms with Crippen molar-refractivity contribution in [1.29, 1.82) is 0 Å². The van der Waals surface area contributed by atoms with Gasteiger partial charge in [-0.05, 0) is 30.9 Å². The number of rotatable bonds is 5. The van der Waals surface area contributed by atoms with Gasteiger partial charge < -0.3 is 5.32 Å². The van der Waals surface area contributed by atoms with Crippen molar-refractivity contribution in [3.05, 3.63) is 35.4 Å². The number of pyridine rings is 1. The Hall–Kier alpha value is -1.49. The first-order valence-electron chi connectivity index (χ1n) is 6.37. The predicted octanol–water partition coefficient (Wildman–Crippen LogP) is 2.99. The highest BCUT2D eigenvalue weighted by atomic mass is 32.1. The van der Waals surface area contributed by atoms with Gasteiger partial charge in [0.2, 0.25) is 5.13 Å². The number of nitrogens with one attached hydrogen (secondary N) is 1. The van der Waals surface area contributed by atoms with Gasteiger partial charge in [-0.25, -0.2) is 4.98 Å². The molecule has 0 atom stereocenters. The van der Waals surface area contributed by atoms with E-state index in [0.29, 0.717) is 5.92 Å². The van der Waals surface area contributed by atoms with E-state index in [2.05, 4.69) is 32.6 Å². The quantitative estimate of drug-likeness (QED) is 0.898. The second-order valence-electron chi connectivity index (χ2n) is 4.55. The van der Waals surface area contributed by atoms with Gasteiger partial charge in [-0.1, -0.05) is 13.0 Å². The highest BCUT2D eigenvalue weighted by Crippen LogP contribution is 2.39. The largest absolute Gasteiger partial charge is 0.355 e. The number of nitrogens with zero attached hydrogens (tertiary/aromatic N) is 3. The molecule has 4 nitrogen and oxygen atoms in total. The summed E-state index contributed by atoms with van der Waals surface area (Å²) in [5, 5.41) is 4.23. The molecule has 1 aliphatic carbocycles. The Balaban J connectivity index is 1.65. The average Bonchev–Trinajstić information content (AvgIpc) is 3.16. The summed E-state index contributed by atoms with van der Waals surface area (Å²) in [7, 11) is 0. The van der Waals surface area contributed by atoms with Crippen LogP contribution in [0.15, 0.2) is 18.3 Å². The maximum absolute atomic E-state index is 4.51. The normalized spacial score (nSPS) is 14.7. The van der Waals surface area contributed by atoms with Crippen LogP contribution >= 0.6 is 11.5 Å². The van der Waals surface area contributed by atoms with E-state index in [1.165, 1.54) is 29.9 Å². The number of anilines is 1. The third-order valence-electron chi connectivity index (χ3n) is 3.16. The van der Waals surface area contributed by atoms with Crippen LogP contribution in [0.3, 0.4) is 0 Å². The van der Waals surface area contributed by atoms with E-state index in [9.17, 15) is 0 Å². The van der Waals surface area contributed by atoms with Crippen molar-refractivity contribution < 1.29 is 0 Å². The van der Waals surface area contributed by atoms with Gasteiger partial charge in [-0.3, -0.25) is 4.98 Å². The van der Waals surface area contributed by atoms with E-state index in [1.807, 2.05) is 12.3 Å². The molecule has 0 bridgehead atoms. The summed E-state index contributed by atoms with van der Waals surface area (Å²) in [6, 6.07) is 4.11. The average molecular weight is 260 g/mol. The van der Waals surface area contributed by atoms with Crippen molar-refractivity contribution >= 4 is 16.7 Å². The number of aryl methyl sites for hydroxylation is 1. The summed E-state index contributed by atoms with van der Waals surface area (Å²) < 4.78 is 4.38. The topological polar surface area (TPSA) is 50.7 Å². The van der Waals surface area contributed by atoms with Crippen LogP contribution in [-0.2, 0) is 13.0 Å². The van der Waals surface area contributed by atoms with Crippen LogP contribution in [0.25, 0.3) is 0 Å². The summed E-state index contributed by atoms with van der Waals surface area (Å²) in [6.45, 7) is 2.87. The molecule has 94 valence electrons. The predicted molar refractivity (Wildman–Crippen MR) is 72.8 cm³/mol. The summed E-state index contributed by atoms with van der Waals surface area (Å²) in [6.07, 6.45) is 5.34. The summed E-state index contributed by atoms with van der Waals surface area (Å²) in [5.74, 6) is 1.64. The fraction of sp³-hybridized carbons (Fsp3) is 0.462. The minimum atomic E-state index is 0.623. The van der Waals surface area contributed by atoms with Crippen molar-refractivity contribution in [3.63, 3.8) is 0 Å². The second kappa shape index (κ2) is 5.02. The Kier molecular flexibility index (Phi) is 3.23. The fourth-order valence-corrected chi connectivity index (χ4v) is 2.57. The van der Waals surface area contributed by atoms with Crippen molar-refractivity contribution in [2.24, 2.45) is 0 Å². The molecule has 1 N–H and O–H groups in total. The first-order chi connectivity index (χ1) is 8.86.